The zero-order valence-electron chi connectivity index (χ0n) is 15.0. The van der Waals surface area contributed by atoms with Crippen LogP contribution in [0.25, 0.3) is 0 Å². The Morgan fingerprint density at radius 2 is 2.00 bits per heavy atom. The van der Waals surface area contributed by atoms with Crippen LogP contribution in [0.15, 0.2) is 12.3 Å². The minimum Gasteiger partial charge on any atom is -0.353 e. The monoisotopic (exact) mass is 462 g/mol. The van der Waals surface area contributed by atoms with E-state index in [0.29, 0.717) is 31.7 Å². The lowest BCUT2D eigenvalue weighted by atomic mass is 9.85. The van der Waals surface area contributed by atoms with Gasteiger partial charge >= 0.3 is 6.18 Å². The molecule has 0 spiro atoms. The minimum atomic E-state index is -4.47. The van der Waals surface area contributed by atoms with Crippen molar-refractivity contribution in [1.82, 2.24) is 10.3 Å². The van der Waals surface area contributed by atoms with E-state index < -0.39 is 11.7 Å². The Kier molecular flexibility index (Phi) is 9.12. The van der Waals surface area contributed by atoms with Crippen LogP contribution in [-0.4, -0.2) is 36.1 Å². The maximum Gasteiger partial charge on any atom is 0.417 e. The van der Waals surface area contributed by atoms with E-state index in [4.69, 9.17) is 17.3 Å². The number of anilines is 1. The summed E-state index contributed by atoms with van der Waals surface area (Å²) < 4.78 is 38.2. The van der Waals surface area contributed by atoms with E-state index in [0.717, 1.165) is 31.5 Å². The molecule has 3 N–H and O–H groups in total. The summed E-state index contributed by atoms with van der Waals surface area (Å²) in [5.41, 5.74) is 5.07. The highest BCUT2D eigenvalue weighted by atomic mass is 35.5. The number of carbonyl (C=O) groups excluding carboxylic acids is 1. The van der Waals surface area contributed by atoms with Gasteiger partial charge in [-0.2, -0.15) is 13.2 Å². The standard InChI is InChI=1S/C17H22ClF3N4O.2ClH/c18-14-7-11(17(19,20)21)8-23-15(14)25-5-4-13(9-25)24-16(26)10-2-1-3-12(22)6-10;;/h7-8,10,12-13H,1-6,9,22H2,(H,24,26);2*1H. The molecule has 3 atom stereocenters. The fourth-order valence-electron chi connectivity index (χ4n) is 3.67. The number of rotatable bonds is 3. The van der Waals surface area contributed by atoms with Gasteiger partial charge in [0, 0.05) is 37.3 Å². The maximum atomic E-state index is 12.7. The zero-order chi connectivity index (χ0) is 18.9. The lowest BCUT2D eigenvalue weighted by Crippen LogP contribution is -2.43. The smallest absolute Gasteiger partial charge is 0.353 e. The van der Waals surface area contributed by atoms with Gasteiger partial charge in [0.1, 0.15) is 5.82 Å². The largest absolute Gasteiger partial charge is 0.417 e. The fourth-order valence-corrected chi connectivity index (χ4v) is 3.96. The van der Waals surface area contributed by atoms with Gasteiger partial charge in [0.15, 0.2) is 0 Å². The number of amides is 1. The second kappa shape index (κ2) is 10.2. The van der Waals surface area contributed by atoms with E-state index in [9.17, 15) is 18.0 Å². The molecule has 1 aromatic heterocycles. The lowest BCUT2D eigenvalue weighted by Gasteiger charge is -2.27. The van der Waals surface area contributed by atoms with Gasteiger partial charge in [-0.25, -0.2) is 4.98 Å². The Balaban J connectivity index is 0.00000196. The molecule has 1 aliphatic heterocycles. The molecule has 1 amide bonds. The number of nitrogens with zero attached hydrogens (tertiary/aromatic N) is 2. The molecule has 0 aromatic carbocycles. The number of alkyl halides is 3. The number of nitrogens with one attached hydrogen (secondary N) is 1. The van der Waals surface area contributed by atoms with Gasteiger partial charge in [-0.3, -0.25) is 4.79 Å². The number of halogens is 6. The molecule has 0 radical (unpaired) electrons. The van der Waals surface area contributed by atoms with Crippen molar-refractivity contribution in [3.8, 4) is 0 Å². The summed E-state index contributed by atoms with van der Waals surface area (Å²) in [7, 11) is 0. The molecule has 160 valence electrons. The third-order valence-electron chi connectivity index (χ3n) is 5.07. The molecule has 1 saturated carbocycles. The molecule has 1 aromatic rings. The summed E-state index contributed by atoms with van der Waals surface area (Å²) in [5.74, 6) is 0.273. The lowest BCUT2D eigenvalue weighted by molar-refractivity contribution is -0.137. The summed E-state index contributed by atoms with van der Waals surface area (Å²) in [6.07, 6.45) is 0.481. The Hall–Kier alpha value is -0.960. The molecule has 1 saturated heterocycles. The van der Waals surface area contributed by atoms with Crippen LogP contribution in [-0.2, 0) is 11.0 Å². The summed E-state index contributed by atoms with van der Waals surface area (Å²) in [6, 6.07) is 0.898. The SMILES string of the molecule is Cl.Cl.NC1CCCC(C(=O)NC2CCN(c3ncc(C(F)(F)F)cc3Cl)C2)C1. The molecular weight excluding hydrogens is 440 g/mol. The van der Waals surface area contributed by atoms with Crippen LogP contribution < -0.4 is 16.0 Å². The van der Waals surface area contributed by atoms with Crippen molar-refractivity contribution >= 4 is 48.1 Å². The van der Waals surface area contributed by atoms with Gasteiger partial charge in [0.25, 0.3) is 0 Å². The number of nitrogens with two attached hydrogens (primary N) is 1. The van der Waals surface area contributed by atoms with Crippen LogP contribution >= 0.6 is 36.4 Å². The second-order valence-electron chi connectivity index (χ2n) is 7.09. The van der Waals surface area contributed by atoms with Gasteiger partial charge < -0.3 is 16.0 Å². The van der Waals surface area contributed by atoms with Gasteiger partial charge in [0.2, 0.25) is 5.91 Å². The number of hydrogen-bond acceptors (Lipinski definition) is 4. The van der Waals surface area contributed by atoms with Crippen LogP contribution in [0, 0.1) is 5.92 Å². The summed E-state index contributed by atoms with van der Waals surface area (Å²) in [6.45, 7) is 1.05. The topological polar surface area (TPSA) is 71.2 Å². The fraction of sp³-hybridized carbons (Fsp3) is 0.647. The second-order valence-corrected chi connectivity index (χ2v) is 7.50. The number of pyridine rings is 1. The van der Waals surface area contributed by atoms with E-state index in [1.807, 2.05) is 0 Å². The Labute approximate surface area is 179 Å². The van der Waals surface area contributed by atoms with Crippen molar-refractivity contribution in [2.24, 2.45) is 11.7 Å². The van der Waals surface area contributed by atoms with Crippen molar-refractivity contribution < 1.29 is 18.0 Å². The van der Waals surface area contributed by atoms with Gasteiger partial charge in [0.05, 0.1) is 10.6 Å². The Morgan fingerprint density at radius 3 is 2.61 bits per heavy atom. The molecule has 5 nitrogen and oxygen atoms in total. The Morgan fingerprint density at radius 1 is 1.29 bits per heavy atom. The Bertz CT molecular complexity index is 678. The number of carbonyl (C=O) groups is 1. The van der Waals surface area contributed by atoms with Crippen LogP contribution in [0.1, 0.15) is 37.7 Å². The van der Waals surface area contributed by atoms with E-state index in [-0.39, 0.29) is 53.7 Å². The van der Waals surface area contributed by atoms with Gasteiger partial charge in [-0.1, -0.05) is 18.0 Å². The molecule has 1 aliphatic carbocycles. The van der Waals surface area contributed by atoms with Crippen molar-refractivity contribution in [3.63, 3.8) is 0 Å². The number of aromatic nitrogens is 1. The minimum absolute atomic E-state index is 0. The number of hydrogen-bond donors (Lipinski definition) is 2. The average Bonchev–Trinajstić information content (AvgIpc) is 3.02. The third kappa shape index (κ3) is 6.02. The molecule has 0 bridgehead atoms. The van der Waals surface area contributed by atoms with Crippen LogP contribution in [0.5, 0.6) is 0 Å². The predicted molar refractivity (Wildman–Crippen MR) is 107 cm³/mol. The quantitative estimate of drug-likeness (QED) is 0.715. The molecule has 28 heavy (non-hydrogen) atoms. The van der Waals surface area contributed by atoms with Crippen LogP contribution in [0.2, 0.25) is 5.02 Å². The van der Waals surface area contributed by atoms with Gasteiger partial charge in [-0.15, -0.1) is 24.8 Å². The summed E-state index contributed by atoms with van der Waals surface area (Å²) in [5, 5.41) is 3.00. The highest BCUT2D eigenvalue weighted by Gasteiger charge is 2.34. The van der Waals surface area contributed by atoms with Crippen molar-refractivity contribution in [3.05, 3.63) is 22.8 Å². The maximum absolute atomic E-state index is 12.7. The first-order valence-corrected chi connectivity index (χ1v) is 9.15. The van der Waals surface area contributed by atoms with Crippen molar-refractivity contribution in [1.29, 1.82) is 0 Å². The molecule has 3 rings (SSSR count). The van der Waals surface area contributed by atoms with E-state index in [1.165, 1.54) is 0 Å². The van der Waals surface area contributed by atoms with Crippen molar-refractivity contribution in [2.45, 2.75) is 50.4 Å². The van der Waals surface area contributed by atoms with Gasteiger partial charge in [-0.05, 0) is 31.7 Å². The van der Waals surface area contributed by atoms with E-state index >= 15 is 0 Å². The van der Waals surface area contributed by atoms with Crippen molar-refractivity contribution in [2.75, 3.05) is 18.0 Å². The first-order chi connectivity index (χ1) is 12.2. The first-order valence-electron chi connectivity index (χ1n) is 8.77. The first kappa shape index (κ1) is 25.1. The molecule has 2 aliphatic rings. The molecule has 2 fully saturated rings. The summed E-state index contributed by atoms with van der Waals surface area (Å²) in [4.78, 5) is 18.1. The molecular formula is C17H24Cl3F3N4O. The molecule has 3 unspecified atom stereocenters. The molecule has 2 heterocycles. The summed E-state index contributed by atoms with van der Waals surface area (Å²) >= 11 is 6.00. The van der Waals surface area contributed by atoms with E-state index in [2.05, 4.69) is 10.3 Å². The normalized spacial score (nSPS) is 24.9. The van der Waals surface area contributed by atoms with E-state index in [1.54, 1.807) is 4.90 Å². The predicted octanol–water partition coefficient (Wildman–Crippen LogP) is 3.81. The highest BCUT2D eigenvalue weighted by Crippen LogP contribution is 2.34. The average molecular weight is 464 g/mol. The van der Waals surface area contributed by atoms with Crippen LogP contribution in [0.4, 0.5) is 19.0 Å². The molecule has 11 heteroatoms. The zero-order valence-corrected chi connectivity index (χ0v) is 17.4. The van der Waals surface area contributed by atoms with Crippen LogP contribution in [0.3, 0.4) is 0 Å². The highest BCUT2D eigenvalue weighted by molar-refractivity contribution is 6.33. The third-order valence-corrected chi connectivity index (χ3v) is 5.35.